The van der Waals surface area contributed by atoms with Crippen LogP contribution in [-0.2, 0) is 17.9 Å². The number of fused-ring (bicyclic) bond motifs is 3. The van der Waals surface area contributed by atoms with Crippen LogP contribution in [0.25, 0.3) is 5.69 Å². The van der Waals surface area contributed by atoms with E-state index in [4.69, 9.17) is 26.4 Å². The van der Waals surface area contributed by atoms with Crippen molar-refractivity contribution in [2.24, 2.45) is 4.99 Å². The van der Waals surface area contributed by atoms with E-state index in [2.05, 4.69) is 10.2 Å². The summed E-state index contributed by atoms with van der Waals surface area (Å²) < 4.78 is 7.40. The SMILES string of the molecule is OCC(O)COCc1nnc2n1-c1ccc(Cl)cc1C(c1ccccc1)=NC2. The number of ether oxygens (including phenoxy) is 1. The molecule has 3 aromatic rings. The molecule has 2 aromatic carbocycles. The second-order valence-electron chi connectivity index (χ2n) is 6.41. The molecule has 1 unspecified atom stereocenters. The Morgan fingerprint density at radius 2 is 1.96 bits per heavy atom. The Bertz CT molecular complexity index is 1000. The van der Waals surface area contributed by atoms with Crippen molar-refractivity contribution in [1.29, 1.82) is 0 Å². The van der Waals surface area contributed by atoms with Crippen molar-refractivity contribution in [3.8, 4) is 5.69 Å². The molecule has 1 aliphatic rings. The fraction of sp³-hybridized carbons (Fsp3) is 0.250. The van der Waals surface area contributed by atoms with Gasteiger partial charge in [0.1, 0.15) is 19.3 Å². The number of rotatable bonds is 6. The second kappa shape index (κ2) is 8.20. The summed E-state index contributed by atoms with van der Waals surface area (Å²) in [6.07, 6.45) is -0.925. The van der Waals surface area contributed by atoms with Crippen LogP contribution in [-0.4, -0.2) is 50.0 Å². The molecule has 0 saturated heterocycles. The lowest BCUT2D eigenvalue weighted by Crippen LogP contribution is -2.20. The van der Waals surface area contributed by atoms with Gasteiger partial charge in [-0.1, -0.05) is 41.9 Å². The highest BCUT2D eigenvalue weighted by atomic mass is 35.5. The van der Waals surface area contributed by atoms with E-state index in [9.17, 15) is 5.11 Å². The van der Waals surface area contributed by atoms with E-state index < -0.39 is 6.10 Å². The van der Waals surface area contributed by atoms with Gasteiger partial charge in [-0.2, -0.15) is 0 Å². The Balaban J connectivity index is 1.75. The van der Waals surface area contributed by atoms with Gasteiger partial charge in [-0.15, -0.1) is 10.2 Å². The maximum absolute atomic E-state index is 9.47. The molecule has 4 rings (SSSR count). The van der Waals surface area contributed by atoms with E-state index in [1.807, 2.05) is 53.1 Å². The largest absolute Gasteiger partial charge is 0.394 e. The van der Waals surface area contributed by atoms with Gasteiger partial charge < -0.3 is 14.9 Å². The molecule has 144 valence electrons. The topological polar surface area (TPSA) is 92.8 Å². The molecular weight excluding hydrogens is 380 g/mol. The summed E-state index contributed by atoms with van der Waals surface area (Å²) in [6.45, 7) is 0.168. The predicted octanol–water partition coefficient (Wildman–Crippen LogP) is 2.14. The summed E-state index contributed by atoms with van der Waals surface area (Å²) in [5, 5.41) is 27.5. The Labute approximate surface area is 166 Å². The lowest BCUT2D eigenvalue weighted by Gasteiger charge is -2.14. The average molecular weight is 399 g/mol. The number of nitrogens with zero attached hydrogens (tertiary/aromatic N) is 4. The van der Waals surface area contributed by atoms with Crippen molar-refractivity contribution in [1.82, 2.24) is 14.8 Å². The standard InChI is InChI=1S/C20H19ClN4O3/c21-14-6-7-17-16(8-14)20(13-4-2-1-3-5-13)22-9-18-23-24-19(25(17)18)12-28-11-15(27)10-26/h1-8,15,26-27H,9-12H2. The molecule has 1 atom stereocenters. The molecule has 28 heavy (non-hydrogen) atoms. The number of aliphatic hydroxyl groups excluding tert-OH is 2. The Morgan fingerprint density at radius 3 is 2.75 bits per heavy atom. The third-order valence-electron chi connectivity index (χ3n) is 4.43. The van der Waals surface area contributed by atoms with Gasteiger partial charge in [0.15, 0.2) is 11.6 Å². The maximum atomic E-state index is 9.47. The van der Waals surface area contributed by atoms with Crippen LogP contribution in [0.3, 0.4) is 0 Å². The number of hydrogen-bond acceptors (Lipinski definition) is 6. The van der Waals surface area contributed by atoms with Gasteiger partial charge in [-0.25, -0.2) is 0 Å². The number of aromatic nitrogens is 3. The first-order valence-corrected chi connectivity index (χ1v) is 9.25. The van der Waals surface area contributed by atoms with Crippen molar-refractivity contribution in [2.75, 3.05) is 13.2 Å². The molecule has 2 N–H and O–H groups in total. The first-order chi connectivity index (χ1) is 13.7. The predicted molar refractivity (Wildman–Crippen MR) is 105 cm³/mol. The van der Waals surface area contributed by atoms with Crippen LogP contribution in [0, 0.1) is 0 Å². The van der Waals surface area contributed by atoms with E-state index in [-0.39, 0.29) is 19.8 Å². The van der Waals surface area contributed by atoms with Crippen LogP contribution in [0.5, 0.6) is 0 Å². The Hall–Kier alpha value is -2.58. The number of aliphatic hydroxyl groups is 2. The molecular formula is C20H19ClN4O3. The van der Waals surface area contributed by atoms with Crippen LogP contribution in [0.2, 0.25) is 5.02 Å². The molecule has 1 aromatic heterocycles. The summed E-state index contributed by atoms with van der Waals surface area (Å²) in [6, 6.07) is 15.5. The molecule has 2 heterocycles. The highest BCUT2D eigenvalue weighted by Gasteiger charge is 2.23. The first-order valence-electron chi connectivity index (χ1n) is 8.87. The highest BCUT2D eigenvalue weighted by Crippen LogP contribution is 2.28. The Kier molecular flexibility index (Phi) is 5.50. The van der Waals surface area contributed by atoms with Gasteiger partial charge in [-0.05, 0) is 18.2 Å². The summed E-state index contributed by atoms with van der Waals surface area (Å²) in [4.78, 5) is 4.77. The summed E-state index contributed by atoms with van der Waals surface area (Å²) in [7, 11) is 0. The fourth-order valence-corrected chi connectivity index (χ4v) is 3.31. The number of aliphatic imine (C=N–C) groups is 1. The lowest BCUT2D eigenvalue weighted by atomic mass is 10.0. The van der Waals surface area contributed by atoms with E-state index in [0.717, 1.165) is 22.5 Å². The zero-order valence-corrected chi connectivity index (χ0v) is 15.8. The minimum atomic E-state index is -0.925. The molecule has 0 aliphatic carbocycles. The van der Waals surface area contributed by atoms with Crippen molar-refractivity contribution in [3.05, 3.63) is 76.3 Å². The second-order valence-corrected chi connectivity index (χ2v) is 6.85. The zero-order chi connectivity index (χ0) is 19.5. The Morgan fingerprint density at radius 1 is 1.14 bits per heavy atom. The van der Waals surface area contributed by atoms with Crippen molar-refractivity contribution in [3.63, 3.8) is 0 Å². The van der Waals surface area contributed by atoms with Gasteiger partial charge >= 0.3 is 0 Å². The van der Waals surface area contributed by atoms with Crippen molar-refractivity contribution < 1.29 is 14.9 Å². The normalized spacial score (nSPS) is 14.0. The molecule has 8 heteroatoms. The van der Waals surface area contributed by atoms with Crippen LogP contribution in [0.1, 0.15) is 22.8 Å². The van der Waals surface area contributed by atoms with Crippen LogP contribution < -0.4 is 0 Å². The molecule has 0 amide bonds. The highest BCUT2D eigenvalue weighted by molar-refractivity contribution is 6.31. The average Bonchev–Trinajstić information content (AvgIpc) is 3.04. The van der Waals surface area contributed by atoms with E-state index >= 15 is 0 Å². The van der Waals surface area contributed by atoms with Crippen molar-refractivity contribution in [2.45, 2.75) is 19.3 Å². The summed E-state index contributed by atoms with van der Waals surface area (Å²) in [5.74, 6) is 1.28. The molecule has 0 radical (unpaired) electrons. The van der Waals surface area contributed by atoms with Gasteiger partial charge in [0.2, 0.25) is 0 Å². The fourth-order valence-electron chi connectivity index (χ4n) is 3.14. The number of benzene rings is 2. The van der Waals surface area contributed by atoms with E-state index in [0.29, 0.717) is 23.2 Å². The van der Waals surface area contributed by atoms with E-state index in [1.165, 1.54) is 0 Å². The van der Waals surface area contributed by atoms with Crippen LogP contribution >= 0.6 is 11.6 Å². The third kappa shape index (κ3) is 3.70. The quantitative estimate of drug-likeness (QED) is 0.663. The van der Waals surface area contributed by atoms with Gasteiger partial charge in [0, 0.05) is 16.1 Å². The van der Waals surface area contributed by atoms with Crippen LogP contribution in [0.4, 0.5) is 0 Å². The van der Waals surface area contributed by atoms with Crippen LogP contribution in [0.15, 0.2) is 53.5 Å². The molecule has 7 nitrogen and oxygen atoms in total. The molecule has 0 spiro atoms. The third-order valence-corrected chi connectivity index (χ3v) is 4.66. The van der Waals surface area contributed by atoms with Crippen molar-refractivity contribution >= 4 is 17.3 Å². The maximum Gasteiger partial charge on any atom is 0.163 e. The van der Waals surface area contributed by atoms with Gasteiger partial charge in [0.05, 0.1) is 24.6 Å². The minimum absolute atomic E-state index is 0.0118. The minimum Gasteiger partial charge on any atom is -0.394 e. The monoisotopic (exact) mass is 398 g/mol. The van der Waals surface area contributed by atoms with Gasteiger partial charge in [0.25, 0.3) is 0 Å². The molecule has 0 bridgehead atoms. The lowest BCUT2D eigenvalue weighted by molar-refractivity contribution is -0.00212. The molecule has 0 fully saturated rings. The van der Waals surface area contributed by atoms with E-state index in [1.54, 1.807) is 0 Å². The smallest absolute Gasteiger partial charge is 0.163 e. The number of halogens is 1. The number of hydrogen-bond donors (Lipinski definition) is 2. The molecule has 0 saturated carbocycles. The zero-order valence-electron chi connectivity index (χ0n) is 15.0. The van der Waals surface area contributed by atoms with Gasteiger partial charge in [-0.3, -0.25) is 9.56 Å². The first kappa shape index (κ1) is 18.8. The summed E-state index contributed by atoms with van der Waals surface area (Å²) in [5.41, 5.74) is 3.58. The summed E-state index contributed by atoms with van der Waals surface area (Å²) >= 11 is 6.29. The molecule has 1 aliphatic heterocycles.